The minimum absolute atomic E-state index is 0.418. The minimum atomic E-state index is 0.418. The lowest BCUT2D eigenvalue weighted by Gasteiger charge is -2.31. The second-order valence-electron chi connectivity index (χ2n) is 5.65. The molecule has 3 unspecified atom stereocenters. The van der Waals surface area contributed by atoms with Crippen LogP contribution in [0.15, 0.2) is 6.20 Å². The van der Waals surface area contributed by atoms with Crippen LogP contribution in [0.3, 0.4) is 0 Å². The first-order valence-corrected chi connectivity index (χ1v) is 8.01. The lowest BCUT2D eigenvalue weighted by Crippen LogP contribution is -2.34. The van der Waals surface area contributed by atoms with Crippen LogP contribution >= 0.6 is 11.3 Å². The van der Waals surface area contributed by atoms with E-state index in [2.05, 4.69) is 28.3 Å². The molecule has 2 aliphatic rings. The second kappa shape index (κ2) is 5.17. The molecule has 0 amide bonds. The highest BCUT2D eigenvalue weighted by molar-refractivity contribution is 7.15. The molecule has 1 N–H and O–H groups in total. The quantitative estimate of drug-likeness (QED) is 0.909. The number of hydrogen-bond acceptors (Lipinski definition) is 4. The van der Waals surface area contributed by atoms with Crippen molar-refractivity contribution in [2.45, 2.75) is 51.1 Å². The van der Waals surface area contributed by atoms with E-state index < -0.39 is 0 Å². The van der Waals surface area contributed by atoms with Gasteiger partial charge in [-0.3, -0.25) is 0 Å². The third-order valence-electron chi connectivity index (χ3n) is 4.63. The lowest BCUT2D eigenvalue weighted by molar-refractivity contribution is 0.342. The van der Waals surface area contributed by atoms with E-state index in [1.165, 1.54) is 48.7 Å². The van der Waals surface area contributed by atoms with Crippen molar-refractivity contribution in [3.63, 3.8) is 0 Å². The summed E-state index contributed by atoms with van der Waals surface area (Å²) < 4.78 is 0. The summed E-state index contributed by atoms with van der Waals surface area (Å²) in [5, 5.41) is 4.54. The molecule has 0 bridgehead atoms. The van der Waals surface area contributed by atoms with Gasteiger partial charge in [0.25, 0.3) is 0 Å². The van der Waals surface area contributed by atoms with E-state index >= 15 is 0 Å². The van der Waals surface area contributed by atoms with Crippen molar-refractivity contribution < 1.29 is 0 Å². The van der Waals surface area contributed by atoms with Gasteiger partial charge in [0, 0.05) is 29.7 Å². The first-order chi connectivity index (χ1) is 8.79. The van der Waals surface area contributed by atoms with Gasteiger partial charge in [0.1, 0.15) is 0 Å². The molecule has 3 atom stereocenters. The topological polar surface area (TPSA) is 28.2 Å². The van der Waals surface area contributed by atoms with Gasteiger partial charge in [0.2, 0.25) is 0 Å². The molecule has 0 spiro atoms. The number of aromatic nitrogens is 1. The minimum Gasteiger partial charge on any atom is -0.345 e. The average molecular weight is 265 g/mol. The van der Waals surface area contributed by atoms with Crippen molar-refractivity contribution in [1.29, 1.82) is 0 Å². The molecule has 2 heterocycles. The van der Waals surface area contributed by atoms with Gasteiger partial charge in [0.05, 0.1) is 0 Å². The molecule has 1 saturated heterocycles. The van der Waals surface area contributed by atoms with E-state index in [4.69, 9.17) is 0 Å². The molecule has 18 heavy (non-hydrogen) atoms. The number of hydrogen-bond donors (Lipinski definition) is 1. The SMILES string of the molecule is CNC(C)c1cnc(N2CCC3CCCCC32)s1. The van der Waals surface area contributed by atoms with Crippen LogP contribution < -0.4 is 10.2 Å². The monoisotopic (exact) mass is 265 g/mol. The van der Waals surface area contributed by atoms with Gasteiger partial charge < -0.3 is 10.2 Å². The van der Waals surface area contributed by atoms with Gasteiger partial charge in [-0.1, -0.05) is 12.8 Å². The summed E-state index contributed by atoms with van der Waals surface area (Å²) in [6.45, 7) is 3.42. The zero-order valence-electron chi connectivity index (χ0n) is 11.4. The molecule has 0 radical (unpaired) electrons. The van der Waals surface area contributed by atoms with Crippen molar-refractivity contribution in [2.75, 3.05) is 18.5 Å². The molecule has 1 aliphatic carbocycles. The molecule has 2 fully saturated rings. The zero-order chi connectivity index (χ0) is 12.5. The van der Waals surface area contributed by atoms with Crippen molar-refractivity contribution in [3.05, 3.63) is 11.1 Å². The third kappa shape index (κ3) is 2.16. The maximum absolute atomic E-state index is 4.66. The molecule has 3 rings (SSSR count). The summed E-state index contributed by atoms with van der Waals surface area (Å²) in [5.41, 5.74) is 0. The second-order valence-corrected chi connectivity index (χ2v) is 6.69. The molecule has 1 saturated carbocycles. The van der Waals surface area contributed by atoms with Gasteiger partial charge >= 0.3 is 0 Å². The summed E-state index contributed by atoms with van der Waals surface area (Å²) in [6, 6.07) is 1.20. The van der Waals surface area contributed by atoms with Crippen LogP contribution in [0.4, 0.5) is 5.13 Å². The first-order valence-electron chi connectivity index (χ1n) is 7.19. The Labute approximate surface area is 114 Å². The molecule has 4 heteroatoms. The van der Waals surface area contributed by atoms with Gasteiger partial charge in [-0.25, -0.2) is 4.98 Å². The van der Waals surface area contributed by atoms with Gasteiger partial charge in [-0.2, -0.15) is 0 Å². The number of fused-ring (bicyclic) bond motifs is 1. The molecule has 0 aromatic carbocycles. The van der Waals surface area contributed by atoms with Crippen LogP contribution in [0, 0.1) is 5.92 Å². The lowest BCUT2D eigenvalue weighted by atomic mass is 9.85. The number of nitrogens with one attached hydrogen (secondary N) is 1. The Morgan fingerprint density at radius 2 is 2.22 bits per heavy atom. The maximum atomic E-state index is 4.66. The normalized spacial score (nSPS) is 29.3. The van der Waals surface area contributed by atoms with E-state index in [0.29, 0.717) is 6.04 Å². The molecule has 100 valence electrons. The third-order valence-corrected chi connectivity index (χ3v) is 5.84. The van der Waals surface area contributed by atoms with Gasteiger partial charge in [-0.05, 0) is 39.2 Å². The smallest absolute Gasteiger partial charge is 0.185 e. The van der Waals surface area contributed by atoms with Crippen LogP contribution in [0.25, 0.3) is 0 Å². The Balaban J connectivity index is 1.76. The first kappa shape index (κ1) is 12.4. The van der Waals surface area contributed by atoms with E-state index in [0.717, 1.165) is 12.0 Å². The number of rotatable bonds is 3. The Bertz CT molecular complexity index is 403. The Kier molecular flexibility index (Phi) is 3.57. The van der Waals surface area contributed by atoms with Crippen molar-refractivity contribution in [1.82, 2.24) is 10.3 Å². The summed E-state index contributed by atoms with van der Waals surface area (Å²) in [6.07, 6.45) is 9.09. The molecular formula is C14H23N3S. The van der Waals surface area contributed by atoms with Crippen LogP contribution in [0.2, 0.25) is 0 Å². The van der Waals surface area contributed by atoms with E-state index in [1.54, 1.807) is 0 Å². The number of nitrogens with zero attached hydrogens (tertiary/aromatic N) is 2. The fraction of sp³-hybridized carbons (Fsp3) is 0.786. The Morgan fingerprint density at radius 1 is 1.39 bits per heavy atom. The van der Waals surface area contributed by atoms with Crippen molar-refractivity contribution >= 4 is 16.5 Å². The number of thiazole rings is 1. The zero-order valence-corrected chi connectivity index (χ0v) is 12.2. The largest absolute Gasteiger partial charge is 0.345 e. The van der Waals surface area contributed by atoms with Crippen LogP contribution in [0.1, 0.15) is 49.9 Å². The highest BCUT2D eigenvalue weighted by Gasteiger charge is 2.36. The highest BCUT2D eigenvalue weighted by atomic mass is 32.1. The van der Waals surface area contributed by atoms with Crippen molar-refractivity contribution in [3.8, 4) is 0 Å². The number of anilines is 1. The molecule has 1 aliphatic heterocycles. The summed E-state index contributed by atoms with van der Waals surface area (Å²) >= 11 is 1.87. The fourth-order valence-corrected chi connectivity index (χ4v) is 4.46. The van der Waals surface area contributed by atoms with Crippen molar-refractivity contribution in [2.24, 2.45) is 5.92 Å². The Morgan fingerprint density at radius 3 is 3.06 bits per heavy atom. The van der Waals surface area contributed by atoms with Gasteiger partial charge in [-0.15, -0.1) is 11.3 Å². The van der Waals surface area contributed by atoms with Crippen LogP contribution in [-0.4, -0.2) is 24.6 Å². The summed E-state index contributed by atoms with van der Waals surface area (Å²) in [4.78, 5) is 8.60. The maximum Gasteiger partial charge on any atom is 0.185 e. The van der Waals surface area contributed by atoms with E-state index in [-0.39, 0.29) is 0 Å². The molecule has 1 aromatic heterocycles. The van der Waals surface area contributed by atoms with Crippen LogP contribution in [-0.2, 0) is 0 Å². The Hall–Kier alpha value is -0.610. The standard InChI is InChI=1S/C14H23N3S/c1-10(15-2)13-9-16-14(18-13)17-8-7-11-5-3-4-6-12(11)17/h9-12,15H,3-8H2,1-2H3. The molecule has 1 aromatic rings. The predicted octanol–water partition coefficient (Wildman–Crippen LogP) is 3.19. The highest BCUT2D eigenvalue weighted by Crippen LogP contribution is 2.40. The summed E-state index contributed by atoms with van der Waals surface area (Å²) in [7, 11) is 2.01. The van der Waals surface area contributed by atoms with Gasteiger partial charge in [0.15, 0.2) is 5.13 Å². The molecular weight excluding hydrogens is 242 g/mol. The van der Waals surface area contributed by atoms with E-state index in [1.807, 2.05) is 18.4 Å². The van der Waals surface area contributed by atoms with Crippen LogP contribution in [0.5, 0.6) is 0 Å². The predicted molar refractivity (Wildman–Crippen MR) is 77.3 cm³/mol. The average Bonchev–Trinajstić information content (AvgIpc) is 3.03. The fourth-order valence-electron chi connectivity index (χ4n) is 3.40. The molecule has 3 nitrogen and oxygen atoms in total. The van der Waals surface area contributed by atoms with E-state index in [9.17, 15) is 0 Å². The summed E-state index contributed by atoms with van der Waals surface area (Å²) in [5.74, 6) is 0.938.